The fourth-order valence-electron chi connectivity index (χ4n) is 1.38. The highest BCUT2D eigenvalue weighted by Gasteiger charge is 2.06. The van der Waals surface area contributed by atoms with Crippen LogP contribution in [0.15, 0.2) is 30.5 Å². The molecule has 0 atom stereocenters. The van der Waals surface area contributed by atoms with E-state index >= 15 is 0 Å². The smallest absolute Gasteiger partial charge is 0.161 e. The number of nitrogens with one attached hydrogen (secondary N) is 1. The van der Waals surface area contributed by atoms with Gasteiger partial charge in [-0.05, 0) is 18.2 Å². The van der Waals surface area contributed by atoms with Gasteiger partial charge >= 0.3 is 0 Å². The number of ether oxygens (including phenoxy) is 1. The van der Waals surface area contributed by atoms with Crippen molar-refractivity contribution in [2.24, 2.45) is 5.84 Å². The zero-order chi connectivity index (χ0) is 12.3. The summed E-state index contributed by atoms with van der Waals surface area (Å²) >= 11 is 6.03. The number of hydrogen-bond acceptors (Lipinski definition) is 5. The monoisotopic (exact) mass is 250 g/mol. The molecule has 0 spiro atoms. The maximum atomic E-state index is 6.03. The fourth-order valence-corrected chi connectivity index (χ4v) is 1.64. The normalized spacial score (nSPS) is 10.1. The van der Waals surface area contributed by atoms with Gasteiger partial charge in [-0.25, -0.2) is 15.8 Å². The molecule has 3 N–H and O–H groups in total. The summed E-state index contributed by atoms with van der Waals surface area (Å²) < 4.78 is 5.08. The number of methoxy groups -OCH3 is 1. The molecule has 0 saturated heterocycles. The Balaban J connectivity index is 2.42. The molecule has 0 bridgehead atoms. The van der Waals surface area contributed by atoms with Crippen molar-refractivity contribution in [1.29, 1.82) is 0 Å². The minimum Gasteiger partial charge on any atom is -0.495 e. The van der Waals surface area contributed by atoms with Crippen molar-refractivity contribution >= 4 is 17.4 Å². The van der Waals surface area contributed by atoms with Crippen LogP contribution >= 0.6 is 11.6 Å². The molecule has 0 fully saturated rings. The van der Waals surface area contributed by atoms with Gasteiger partial charge in [0.25, 0.3) is 0 Å². The van der Waals surface area contributed by atoms with Gasteiger partial charge in [-0.3, -0.25) is 0 Å². The van der Waals surface area contributed by atoms with E-state index < -0.39 is 0 Å². The van der Waals surface area contributed by atoms with Gasteiger partial charge in [0, 0.05) is 17.8 Å². The number of aromatic nitrogens is 2. The predicted molar refractivity (Wildman–Crippen MR) is 66.8 cm³/mol. The number of halogens is 1. The number of hydrazine groups is 1. The molecule has 0 aliphatic rings. The highest BCUT2D eigenvalue weighted by atomic mass is 35.5. The van der Waals surface area contributed by atoms with Gasteiger partial charge in [-0.1, -0.05) is 11.6 Å². The molecule has 1 aromatic heterocycles. The van der Waals surface area contributed by atoms with Gasteiger partial charge < -0.3 is 10.2 Å². The van der Waals surface area contributed by atoms with Crippen LogP contribution in [0.4, 0.5) is 5.82 Å². The number of nitrogens with two attached hydrogens (primary N) is 1. The van der Waals surface area contributed by atoms with Crippen molar-refractivity contribution in [1.82, 2.24) is 9.97 Å². The summed E-state index contributed by atoms with van der Waals surface area (Å²) in [6, 6.07) is 7.02. The average Bonchev–Trinajstić information content (AvgIpc) is 2.38. The molecule has 0 amide bonds. The van der Waals surface area contributed by atoms with Crippen molar-refractivity contribution in [3.63, 3.8) is 0 Å². The topological polar surface area (TPSA) is 73.1 Å². The van der Waals surface area contributed by atoms with Gasteiger partial charge in [0.1, 0.15) is 11.6 Å². The van der Waals surface area contributed by atoms with E-state index in [2.05, 4.69) is 15.4 Å². The second-order valence-electron chi connectivity index (χ2n) is 3.26. The molecular formula is C11H11ClN4O. The van der Waals surface area contributed by atoms with Crippen LogP contribution in [0.2, 0.25) is 5.02 Å². The Morgan fingerprint density at radius 2 is 2.18 bits per heavy atom. The fraction of sp³-hybridized carbons (Fsp3) is 0.0909. The predicted octanol–water partition coefficient (Wildman–Crippen LogP) is 2.09. The number of hydrogen-bond donors (Lipinski definition) is 2. The number of benzene rings is 1. The third-order valence-electron chi connectivity index (χ3n) is 2.21. The van der Waals surface area contributed by atoms with Crippen molar-refractivity contribution in [2.45, 2.75) is 0 Å². The van der Waals surface area contributed by atoms with E-state index in [9.17, 15) is 0 Å². The second kappa shape index (κ2) is 4.99. The molecule has 0 saturated carbocycles. The zero-order valence-corrected chi connectivity index (χ0v) is 9.90. The molecule has 0 aliphatic carbocycles. The van der Waals surface area contributed by atoms with Gasteiger partial charge in [0.05, 0.1) is 12.1 Å². The van der Waals surface area contributed by atoms with Crippen molar-refractivity contribution in [3.8, 4) is 17.1 Å². The summed E-state index contributed by atoms with van der Waals surface area (Å²) in [6.07, 6.45) is 1.62. The van der Waals surface area contributed by atoms with Crippen molar-refractivity contribution in [2.75, 3.05) is 12.5 Å². The third-order valence-corrected chi connectivity index (χ3v) is 2.51. The number of rotatable bonds is 3. The minimum absolute atomic E-state index is 0.514. The maximum Gasteiger partial charge on any atom is 0.161 e. The van der Waals surface area contributed by atoms with Gasteiger partial charge in [-0.2, -0.15) is 0 Å². The summed E-state index contributed by atoms with van der Waals surface area (Å²) in [4.78, 5) is 8.36. The molecule has 2 rings (SSSR count). The van der Waals surface area contributed by atoms with Crippen LogP contribution in [-0.4, -0.2) is 17.1 Å². The van der Waals surface area contributed by atoms with Crippen LogP contribution in [0.3, 0.4) is 0 Å². The maximum absolute atomic E-state index is 6.03. The van der Waals surface area contributed by atoms with Crippen LogP contribution in [0.25, 0.3) is 11.4 Å². The molecule has 1 heterocycles. The molecule has 0 radical (unpaired) electrons. The highest BCUT2D eigenvalue weighted by Crippen LogP contribution is 2.28. The van der Waals surface area contributed by atoms with Crippen LogP contribution in [-0.2, 0) is 0 Å². The largest absolute Gasteiger partial charge is 0.495 e. The Morgan fingerprint density at radius 1 is 1.35 bits per heavy atom. The van der Waals surface area contributed by atoms with Crippen LogP contribution in [0, 0.1) is 0 Å². The Bertz CT molecular complexity index is 533. The Hall–Kier alpha value is -1.85. The lowest BCUT2D eigenvalue weighted by atomic mass is 10.2. The van der Waals surface area contributed by atoms with Crippen LogP contribution in [0.1, 0.15) is 0 Å². The molecule has 1 aromatic carbocycles. The molecule has 2 aromatic rings. The third kappa shape index (κ3) is 2.46. The van der Waals surface area contributed by atoms with Gasteiger partial charge in [0.2, 0.25) is 0 Å². The van der Waals surface area contributed by atoms with E-state index in [1.165, 1.54) is 0 Å². The standard InChI is InChI=1S/C11H11ClN4O/c1-17-9-3-2-7(6-8(9)12)11-14-5-4-10(15-11)16-13/h2-6H,13H2,1H3,(H,14,15,16). The van der Waals surface area contributed by atoms with Gasteiger partial charge in [-0.15, -0.1) is 0 Å². The average molecular weight is 251 g/mol. The highest BCUT2D eigenvalue weighted by molar-refractivity contribution is 6.32. The lowest BCUT2D eigenvalue weighted by Crippen LogP contribution is -2.09. The second-order valence-corrected chi connectivity index (χ2v) is 3.67. The van der Waals surface area contributed by atoms with Crippen molar-refractivity contribution in [3.05, 3.63) is 35.5 Å². The first-order valence-corrected chi connectivity index (χ1v) is 5.26. The first kappa shape index (κ1) is 11.6. The first-order chi connectivity index (χ1) is 8.24. The Kier molecular flexibility index (Phi) is 3.41. The summed E-state index contributed by atoms with van der Waals surface area (Å²) in [5.41, 5.74) is 3.26. The molecule has 17 heavy (non-hydrogen) atoms. The minimum atomic E-state index is 0.514. The van der Waals surface area contributed by atoms with E-state index in [1.54, 1.807) is 31.5 Å². The van der Waals surface area contributed by atoms with E-state index in [0.29, 0.717) is 22.4 Å². The summed E-state index contributed by atoms with van der Waals surface area (Å²) in [7, 11) is 1.57. The molecule has 88 valence electrons. The lowest BCUT2D eigenvalue weighted by Gasteiger charge is -2.06. The summed E-state index contributed by atoms with van der Waals surface area (Å²) in [5.74, 6) is 6.99. The van der Waals surface area contributed by atoms with Crippen molar-refractivity contribution < 1.29 is 4.74 Å². The molecule has 0 unspecified atom stereocenters. The molecule has 5 nitrogen and oxygen atoms in total. The molecular weight excluding hydrogens is 240 g/mol. The summed E-state index contributed by atoms with van der Waals surface area (Å²) in [6.45, 7) is 0. The quantitative estimate of drug-likeness (QED) is 0.645. The van der Waals surface area contributed by atoms with Crippen LogP contribution < -0.4 is 16.0 Å². The Morgan fingerprint density at radius 3 is 2.82 bits per heavy atom. The first-order valence-electron chi connectivity index (χ1n) is 4.88. The van der Waals surface area contributed by atoms with E-state index in [1.807, 2.05) is 6.07 Å². The summed E-state index contributed by atoms with van der Waals surface area (Å²) in [5, 5.41) is 0.514. The molecule has 6 heteroatoms. The van der Waals surface area contributed by atoms with E-state index in [0.717, 1.165) is 5.56 Å². The number of anilines is 1. The zero-order valence-electron chi connectivity index (χ0n) is 9.14. The van der Waals surface area contributed by atoms with E-state index in [-0.39, 0.29) is 0 Å². The van der Waals surface area contributed by atoms with Gasteiger partial charge in [0.15, 0.2) is 5.82 Å². The molecule has 0 aliphatic heterocycles. The Labute approximate surface area is 104 Å². The van der Waals surface area contributed by atoms with E-state index in [4.69, 9.17) is 22.2 Å². The number of nitrogens with zero attached hydrogens (tertiary/aromatic N) is 2. The SMILES string of the molecule is COc1ccc(-c2nccc(NN)n2)cc1Cl. The number of nitrogen functional groups attached to an aromatic ring is 1. The van der Waals surface area contributed by atoms with Crippen LogP contribution in [0.5, 0.6) is 5.75 Å². The lowest BCUT2D eigenvalue weighted by molar-refractivity contribution is 0.415.